The van der Waals surface area contributed by atoms with E-state index in [2.05, 4.69) is 0 Å². The number of imide groups is 2. The average molecular weight is 406 g/mol. The van der Waals surface area contributed by atoms with Gasteiger partial charge in [0, 0.05) is 27.9 Å². The molecular weight excluding hydrogens is 386 g/mol. The van der Waals surface area contributed by atoms with Gasteiger partial charge in [0.1, 0.15) is 23.2 Å². The molecular formula is C19H20F2N4O4. The van der Waals surface area contributed by atoms with Crippen LogP contribution in [0.4, 0.5) is 13.6 Å². The molecule has 1 aliphatic heterocycles. The SMILES string of the molecule is Cc1c(C)[n+]([O-])c([C@H](c2ccc(F)c(F)c2)C2C(=O)N(C)C(=O)N(C)C2=O)n1C. The smallest absolute Gasteiger partial charge is 0.332 e. The van der Waals surface area contributed by atoms with Gasteiger partial charge >= 0.3 is 6.03 Å². The molecule has 8 nitrogen and oxygen atoms in total. The van der Waals surface area contributed by atoms with Crippen LogP contribution in [-0.4, -0.2) is 46.3 Å². The Balaban J connectivity index is 2.31. The van der Waals surface area contributed by atoms with Gasteiger partial charge in [-0.25, -0.2) is 22.9 Å². The fourth-order valence-corrected chi connectivity index (χ4v) is 3.62. The molecule has 4 amide bonds. The second-order valence-corrected chi connectivity index (χ2v) is 7.09. The Kier molecular flexibility index (Phi) is 4.89. The minimum absolute atomic E-state index is 0.00820. The van der Waals surface area contributed by atoms with Gasteiger partial charge in [0.25, 0.3) is 5.82 Å². The van der Waals surface area contributed by atoms with Crippen LogP contribution in [0.5, 0.6) is 0 Å². The molecule has 0 saturated carbocycles. The topological polar surface area (TPSA) is 89.6 Å². The lowest BCUT2D eigenvalue weighted by Gasteiger charge is -2.35. The number of benzene rings is 1. The van der Waals surface area contributed by atoms with Gasteiger partial charge in [0.15, 0.2) is 11.6 Å². The van der Waals surface area contributed by atoms with Crippen LogP contribution < -0.4 is 4.73 Å². The van der Waals surface area contributed by atoms with Crippen molar-refractivity contribution in [3.8, 4) is 0 Å². The van der Waals surface area contributed by atoms with Gasteiger partial charge in [-0.1, -0.05) is 6.07 Å². The van der Waals surface area contributed by atoms with Crippen molar-refractivity contribution in [2.45, 2.75) is 19.8 Å². The first-order chi connectivity index (χ1) is 13.5. The number of barbiturate groups is 1. The van der Waals surface area contributed by atoms with Crippen molar-refractivity contribution in [2.75, 3.05) is 14.1 Å². The number of hydrogen-bond donors (Lipinski definition) is 0. The molecule has 0 spiro atoms. The van der Waals surface area contributed by atoms with Crippen molar-refractivity contribution in [2.24, 2.45) is 13.0 Å². The highest BCUT2D eigenvalue weighted by Crippen LogP contribution is 2.36. The number of amides is 4. The van der Waals surface area contributed by atoms with E-state index in [4.69, 9.17) is 0 Å². The Morgan fingerprint density at radius 3 is 2.00 bits per heavy atom. The highest BCUT2D eigenvalue weighted by atomic mass is 19.2. The van der Waals surface area contributed by atoms with Crippen molar-refractivity contribution in [3.63, 3.8) is 0 Å². The van der Waals surface area contributed by atoms with Crippen LogP contribution in [0.1, 0.15) is 28.7 Å². The quantitative estimate of drug-likeness (QED) is 0.437. The highest BCUT2D eigenvalue weighted by Gasteiger charge is 2.51. The van der Waals surface area contributed by atoms with Crippen molar-refractivity contribution in [1.29, 1.82) is 0 Å². The van der Waals surface area contributed by atoms with Gasteiger partial charge in [-0.2, -0.15) is 0 Å². The summed E-state index contributed by atoms with van der Waals surface area (Å²) in [6, 6.07) is 2.13. The Morgan fingerprint density at radius 2 is 1.55 bits per heavy atom. The number of rotatable bonds is 3. The number of imidazole rings is 1. The predicted molar refractivity (Wildman–Crippen MR) is 96.5 cm³/mol. The second kappa shape index (κ2) is 6.94. The van der Waals surface area contributed by atoms with Crippen LogP contribution in [0.25, 0.3) is 0 Å². The lowest BCUT2D eigenvalue weighted by molar-refractivity contribution is -0.621. The van der Waals surface area contributed by atoms with Crippen LogP contribution >= 0.6 is 0 Å². The first-order valence-corrected chi connectivity index (χ1v) is 8.78. The van der Waals surface area contributed by atoms with E-state index in [1.54, 1.807) is 20.9 Å². The Morgan fingerprint density at radius 1 is 1.00 bits per heavy atom. The number of aromatic nitrogens is 2. The fourth-order valence-electron chi connectivity index (χ4n) is 3.62. The summed E-state index contributed by atoms with van der Waals surface area (Å²) in [6.07, 6.45) is 0. The summed E-state index contributed by atoms with van der Waals surface area (Å²) < 4.78 is 29.6. The summed E-state index contributed by atoms with van der Waals surface area (Å²) >= 11 is 0. The molecule has 2 aromatic rings. The molecule has 1 aromatic carbocycles. The summed E-state index contributed by atoms with van der Waals surface area (Å²) in [6.45, 7) is 3.25. The summed E-state index contributed by atoms with van der Waals surface area (Å²) in [4.78, 5) is 39.5. The van der Waals surface area contributed by atoms with Crippen molar-refractivity contribution < 1.29 is 27.9 Å². The largest absolute Gasteiger partial charge is 0.711 e. The molecule has 3 rings (SSSR count). The molecule has 0 aliphatic carbocycles. The number of halogens is 2. The van der Waals surface area contributed by atoms with Crippen molar-refractivity contribution in [3.05, 3.63) is 57.8 Å². The maximum absolute atomic E-state index is 14.0. The van der Waals surface area contributed by atoms with Crippen LogP contribution in [0.3, 0.4) is 0 Å². The fraction of sp³-hybridized carbons (Fsp3) is 0.368. The van der Waals surface area contributed by atoms with E-state index in [0.29, 0.717) is 16.1 Å². The molecule has 1 aliphatic rings. The lowest BCUT2D eigenvalue weighted by atomic mass is 9.82. The number of hydrogen-bond acceptors (Lipinski definition) is 4. The Bertz CT molecular complexity index is 1000. The van der Waals surface area contributed by atoms with E-state index in [-0.39, 0.29) is 11.4 Å². The van der Waals surface area contributed by atoms with Crippen molar-refractivity contribution >= 4 is 17.8 Å². The van der Waals surface area contributed by atoms with Crippen LogP contribution in [0.15, 0.2) is 18.2 Å². The predicted octanol–water partition coefficient (Wildman–Crippen LogP) is 1.35. The zero-order valence-corrected chi connectivity index (χ0v) is 16.6. The van der Waals surface area contributed by atoms with E-state index in [1.165, 1.54) is 24.7 Å². The Labute approximate surface area is 165 Å². The average Bonchev–Trinajstić information content (AvgIpc) is 2.87. The lowest BCUT2D eigenvalue weighted by Crippen LogP contribution is -2.59. The molecule has 1 aromatic heterocycles. The zero-order valence-electron chi connectivity index (χ0n) is 16.6. The summed E-state index contributed by atoms with van der Waals surface area (Å²) in [5.74, 6) is -6.67. The molecule has 0 unspecified atom stereocenters. The molecule has 1 saturated heterocycles. The van der Waals surface area contributed by atoms with Gasteiger partial charge in [-0.15, -0.1) is 0 Å². The maximum atomic E-state index is 14.0. The third kappa shape index (κ3) is 2.95. The van der Waals surface area contributed by atoms with E-state index in [9.17, 15) is 28.4 Å². The van der Waals surface area contributed by atoms with E-state index >= 15 is 0 Å². The molecule has 0 bridgehead atoms. The van der Waals surface area contributed by atoms with Gasteiger partial charge in [0.05, 0.1) is 7.05 Å². The molecule has 0 N–H and O–H groups in total. The number of carbonyl (C=O) groups is 3. The van der Waals surface area contributed by atoms with Gasteiger partial charge in [-0.05, 0) is 17.7 Å². The van der Waals surface area contributed by atoms with E-state index < -0.39 is 41.3 Å². The number of urea groups is 1. The first kappa shape index (κ1) is 20.4. The molecule has 0 radical (unpaired) electrons. The second-order valence-electron chi connectivity index (χ2n) is 7.09. The number of nitrogens with zero attached hydrogens (tertiary/aromatic N) is 4. The molecule has 1 fully saturated rings. The van der Waals surface area contributed by atoms with Crippen molar-refractivity contribution in [1.82, 2.24) is 14.4 Å². The van der Waals surface area contributed by atoms with Crippen LogP contribution in [-0.2, 0) is 16.6 Å². The van der Waals surface area contributed by atoms with Crippen LogP contribution in [0.2, 0.25) is 0 Å². The molecule has 29 heavy (non-hydrogen) atoms. The van der Waals surface area contributed by atoms with E-state index in [0.717, 1.165) is 21.9 Å². The summed E-state index contributed by atoms with van der Waals surface area (Å²) in [5.41, 5.74) is 0.983. The summed E-state index contributed by atoms with van der Waals surface area (Å²) in [7, 11) is 4.01. The molecule has 1 atom stereocenters. The molecule has 154 valence electrons. The minimum atomic E-state index is -1.50. The zero-order chi connectivity index (χ0) is 21.8. The third-order valence-electron chi connectivity index (χ3n) is 5.56. The third-order valence-corrected chi connectivity index (χ3v) is 5.56. The maximum Gasteiger partial charge on any atom is 0.332 e. The van der Waals surface area contributed by atoms with Crippen LogP contribution in [0, 0.1) is 36.6 Å². The van der Waals surface area contributed by atoms with Gasteiger partial charge in [-0.3, -0.25) is 19.4 Å². The van der Waals surface area contributed by atoms with Gasteiger partial charge < -0.3 is 5.21 Å². The minimum Gasteiger partial charge on any atom is -0.711 e. The summed E-state index contributed by atoms with van der Waals surface area (Å²) in [5, 5.41) is 12.9. The normalized spacial score (nSPS) is 16.7. The molecule has 10 heteroatoms. The standard InChI is InChI=1S/C19H20F2N4O4/c1-9-10(2)25(29)16(22(9)3)14(11-6-7-12(20)13(21)8-11)15-17(26)23(4)19(28)24(5)18(15)27/h6-8,14-15H,1-5H3/t14-/m1/s1. The monoisotopic (exact) mass is 406 g/mol. The first-order valence-electron chi connectivity index (χ1n) is 8.78. The van der Waals surface area contributed by atoms with Gasteiger partial charge in [0.2, 0.25) is 11.8 Å². The Hall–Kier alpha value is -3.30. The van der Waals surface area contributed by atoms with E-state index in [1.807, 2.05) is 0 Å². The molecule has 2 heterocycles. The highest BCUT2D eigenvalue weighted by molar-refractivity contribution is 6.16. The number of carbonyl (C=O) groups excluding carboxylic acids is 3.